The van der Waals surface area contributed by atoms with Crippen LogP contribution in [0.5, 0.6) is 0 Å². The number of aromatic nitrogens is 2. The van der Waals surface area contributed by atoms with Gasteiger partial charge in [-0.1, -0.05) is 70.9 Å². The molecule has 0 radical (unpaired) electrons. The van der Waals surface area contributed by atoms with Gasteiger partial charge in [0, 0.05) is 49.0 Å². The molecule has 0 bridgehead atoms. The average molecular weight is 646 g/mol. The zero-order chi connectivity index (χ0) is 31.1. The van der Waals surface area contributed by atoms with Crippen molar-refractivity contribution < 1.29 is 9.53 Å². The molecule has 0 unspecified atom stereocenters. The summed E-state index contributed by atoms with van der Waals surface area (Å²) < 4.78 is 9.71. The molecule has 3 heterocycles. The summed E-state index contributed by atoms with van der Waals surface area (Å²) in [5, 5.41) is 2.03. The van der Waals surface area contributed by atoms with Crippen molar-refractivity contribution in [1.29, 1.82) is 0 Å². The number of para-hydroxylation sites is 1. The summed E-state index contributed by atoms with van der Waals surface area (Å²) in [6, 6.07) is 20.9. The Labute approximate surface area is 268 Å². The molecule has 224 valence electrons. The molecule has 1 aliphatic rings. The molecule has 0 aliphatic carbocycles. The van der Waals surface area contributed by atoms with Gasteiger partial charge in [0.15, 0.2) is 4.80 Å². The van der Waals surface area contributed by atoms with Gasteiger partial charge in [-0.15, -0.1) is 0 Å². The molecule has 2 aromatic heterocycles. The zero-order valence-electron chi connectivity index (χ0n) is 24.7. The van der Waals surface area contributed by atoms with E-state index in [-0.39, 0.29) is 12.2 Å². The van der Waals surface area contributed by atoms with Crippen molar-refractivity contribution in [2.75, 3.05) is 25.6 Å². The van der Waals surface area contributed by atoms with Crippen LogP contribution < -0.4 is 19.8 Å². The number of allylic oxidation sites excluding steroid dienone is 1. The van der Waals surface area contributed by atoms with Crippen LogP contribution in [-0.4, -0.2) is 35.8 Å². The smallest absolute Gasteiger partial charge is 0.338 e. The van der Waals surface area contributed by atoms with Gasteiger partial charge in [-0.05, 0) is 61.4 Å². The van der Waals surface area contributed by atoms with Crippen LogP contribution in [0.15, 0.2) is 94.0 Å². The predicted molar refractivity (Wildman–Crippen MR) is 179 cm³/mol. The van der Waals surface area contributed by atoms with Crippen LogP contribution >= 0.6 is 34.5 Å². The van der Waals surface area contributed by atoms with Gasteiger partial charge in [-0.2, -0.15) is 0 Å². The highest BCUT2D eigenvalue weighted by Crippen LogP contribution is 2.32. The lowest BCUT2D eigenvalue weighted by molar-refractivity contribution is -0.139. The normalized spacial score (nSPS) is 15.0. The van der Waals surface area contributed by atoms with Gasteiger partial charge in [0.05, 0.1) is 38.5 Å². The number of nitrogens with zero attached hydrogens (tertiary/aromatic N) is 4. The first-order valence-electron chi connectivity index (χ1n) is 14.1. The molecule has 3 aromatic carbocycles. The molecule has 1 aliphatic heterocycles. The van der Waals surface area contributed by atoms with E-state index in [1.807, 2.05) is 85.9 Å². The second-order valence-electron chi connectivity index (χ2n) is 10.8. The van der Waals surface area contributed by atoms with Crippen LogP contribution in [0.1, 0.15) is 36.6 Å². The van der Waals surface area contributed by atoms with E-state index >= 15 is 0 Å². The summed E-state index contributed by atoms with van der Waals surface area (Å²) in [6.07, 6.45) is 3.95. The summed E-state index contributed by atoms with van der Waals surface area (Å²) in [5.41, 5.74) is 5.43. The average Bonchev–Trinajstić information content (AvgIpc) is 3.50. The SMILES string of the molecule is CCOC(=O)C1=C(C)N=c2s/c(=C/c3cn(Cc4ccc(Cl)c(Cl)c4)c4ccccc34)c(=O)n2[C@H]1c1ccc(N(C)C)cc1. The number of hydrogen-bond acceptors (Lipinski definition) is 6. The van der Waals surface area contributed by atoms with Crippen molar-refractivity contribution in [2.45, 2.75) is 26.4 Å². The fourth-order valence-electron chi connectivity index (χ4n) is 5.56. The molecule has 7 nitrogen and oxygen atoms in total. The van der Waals surface area contributed by atoms with Gasteiger partial charge in [-0.3, -0.25) is 9.36 Å². The van der Waals surface area contributed by atoms with E-state index in [4.69, 9.17) is 32.9 Å². The van der Waals surface area contributed by atoms with Crippen LogP contribution in [0.3, 0.4) is 0 Å². The fourth-order valence-corrected chi connectivity index (χ4v) is 6.92. The largest absolute Gasteiger partial charge is 0.463 e. The number of esters is 1. The minimum Gasteiger partial charge on any atom is -0.463 e. The highest BCUT2D eigenvalue weighted by Gasteiger charge is 2.33. The van der Waals surface area contributed by atoms with Crippen molar-refractivity contribution in [1.82, 2.24) is 9.13 Å². The number of halogens is 2. The highest BCUT2D eigenvalue weighted by atomic mass is 35.5. The minimum absolute atomic E-state index is 0.217. The Hall–Kier alpha value is -4.11. The van der Waals surface area contributed by atoms with Crippen LogP contribution in [0.2, 0.25) is 10.0 Å². The number of ether oxygens (including phenoxy) is 1. The molecule has 44 heavy (non-hydrogen) atoms. The van der Waals surface area contributed by atoms with E-state index in [1.165, 1.54) is 11.3 Å². The number of carbonyl (C=O) groups is 1. The van der Waals surface area contributed by atoms with Gasteiger partial charge >= 0.3 is 5.97 Å². The lowest BCUT2D eigenvalue weighted by Crippen LogP contribution is -2.39. The monoisotopic (exact) mass is 644 g/mol. The number of anilines is 1. The second kappa shape index (κ2) is 12.1. The standard InChI is InChI=1S/C34H30Cl2N4O3S/c1-5-43-33(42)30-20(2)37-34-40(31(30)22-11-13-24(14-12-22)38(3)4)32(41)29(44-34)17-23-19-39(28-9-7-6-8-25(23)28)18-21-10-15-26(35)27(36)16-21/h6-17,19,31H,5,18H2,1-4H3/b29-17+/t31-/m0/s1. The Morgan fingerprint density at radius 1 is 1.07 bits per heavy atom. The second-order valence-corrected chi connectivity index (χ2v) is 12.6. The molecule has 5 aromatic rings. The van der Waals surface area contributed by atoms with Crippen molar-refractivity contribution in [2.24, 2.45) is 4.99 Å². The van der Waals surface area contributed by atoms with Gasteiger partial charge < -0.3 is 14.2 Å². The summed E-state index contributed by atoms with van der Waals surface area (Å²) in [7, 11) is 3.93. The summed E-state index contributed by atoms with van der Waals surface area (Å²) in [4.78, 5) is 34.7. The number of thiazole rings is 1. The first-order valence-corrected chi connectivity index (χ1v) is 15.7. The Kier molecular flexibility index (Phi) is 8.24. The topological polar surface area (TPSA) is 68.8 Å². The van der Waals surface area contributed by atoms with E-state index in [1.54, 1.807) is 24.5 Å². The quantitative estimate of drug-likeness (QED) is 0.199. The van der Waals surface area contributed by atoms with E-state index in [9.17, 15) is 9.59 Å². The minimum atomic E-state index is -0.667. The van der Waals surface area contributed by atoms with E-state index in [0.29, 0.717) is 37.2 Å². The fraction of sp³-hybridized carbons (Fsp3) is 0.206. The lowest BCUT2D eigenvalue weighted by atomic mass is 9.95. The highest BCUT2D eigenvalue weighted by molar-refractivity contribution is 7.07. The van der Waals surface area contributed by atoms with E-state index in [2.05, 4.69) is 10.6 Å². The van der Waals surface area contributed by atoms with Crippen molar-refractivity contribution >= 4 is 63.2 Å². The molecular formula is C34H30Cl2N4O3S. The van der Waals surface area contributed by atoms with Crippen LogP contribution in [0.25, 0.3) is 17.0 Å². The summed E-state index contributed by atoms with van der Waals surface area (Å²) >= 11 is 13.7. The molecule has 6 rings (SSSR count). The zero-order valence-corrected chi connectivity index (χ0v) is 27.0. The molecule has 1 atom stereocenters. The van der Waals surface area contributed by atoms with Crippen molar-refractivity contribution in [3.63, 3.8) is 0 Å². The molecule has 10 heteroatoms. The molecule has 0 amide bonds. The maximum absolute atomic E-state index is 14.2. The Bertz CT molecular complexity index is 2120. The maximum atomic E-state index is 14.2. The predicted octanol–water partition coefficient (Wildman–Crippen LogP) is 6.17. The maximum Gasteiger partial charge on any atom is 0.338 e. The van der Waals surface area contributed by atoms with Crippen LogP contribution in [0.4, 0.5) is 5.69 Å². The molecule has 0 saturated heterocycles. The lowest BCUT2D eigenvalue weighted by Gasteiger charge is -2.25. The molecule has 0 saturated carbocycles. The van der Waals surface area contributed by atoms with E-state index in [0.717, 1.165) is 33.3 Å². The number of hydrogen-bond donors (Lipinski definition) is 0. The molecule has 0 fully saturated rings. The number of rotatable bonds is 7. The van der Waals surface area contributed by atoms with E-state index < -0.39 is 12.0 Å². The molecule has 0 spiro atoms. The van der Waals surface area contributed by atoms with Crippen molar-refractivity contribution in [3.8, 4) is 0 Å². The third kappa shape index (κ3) is 5.49. The number of benzene rings is 3. The third-order valence-corrected chi connectivity index (χ3v) is 9.41. The Morgan fingerprint density at radius 2 is 1.82 bits per heavy atom. The third-order valence-electron chi connectivity index (χ3n) is 7.69. The first-order chi connectivity index (χ1) is 21.2. The van der Waals surface area contributed by atoms with Crippen molar-refractivity contribution in [3.05, 3.63) is 131 Å². The molecular weight excluding hydrogens is 615 g/mol. The van der Waals surface area contributed by atoms with Gasteiger partial charge in [0.2, 0.25) is 0 Å². The Balaban J connectivity index is 1.50. The number of carbonyl (C=O) groups excluding carboxylic acids is 1. The molecule has 0 N–H and O–H groups in total. The summed E-state index contributed by atoms with van der Waals surface area (Å²) in [6.45, 7) is 4.36. The Morgan fingerprint density at radius 3 is 2.52 bits per heavy atom. The van der Waals surface area contributed by atoms with Gasteiger partial charge in [-0.25, -0.2) is 9.79 Å². The number of fused-ring (bicyclic) bond motifs is 2. The summed E-state index contributed by atoms with van der Waals surface area (Å²) in [5.74, 6) is -0.477. The van der Waals surface area contributed by atoms with Gasteiger partial charge in [0.25, 0.3) is 5.56 Å². The van der Waals surface area contributed by atoms with Gasteiger partial charge in [0.1, 0.15) is 0 Å². The first kappa shape index (κ1) is 29.9. The van der Waals surface area contributed by atoms with Crippen LogP contribution in [-0.2, 0) is 16.1 Å². The van der Waals surface area contributed by atoms with Crippen LogP contribution in [0, 0.1) is 0 Å².